The monoisotopic (exact) mass is 242 g/mol. The van der Waals surface area contributed by atoms with Gasteiger partial charge in [0.1, 0.15) is 0 Å². The maximum Gasteiger partial charge on any atom is 0.0711 e. The lowest BCUT2D eigenvalue weighted by Gasteiger charge is -2.11. The van der Waals surface area contributed by atoms with Crippen LogP contribution in [0.3, 0.4) is 0 Å². The molecule has 0 fully saturated rings. The molecule has 1 aromatic carbocycles. The maximum atomic E-state index is 4.64. The molecule has 2 heteroatoms. The predicted molar refractivity (Wildman–Crippen MR) is 78.0 cm³/mol. The SMILES string of the molecule is CCCNCc1cc(C)nc2cc(C)c(C)cc12. The van der Waals surface area contributed by atoms with E-state index in [1.807, 2.05) is 0 Å². The molecule has 0 saturated heterocycles. The van der Waals surface area contributed by atoms with Gasteiger partial charge in [0.25, 0.3) is 0 Å². The molecule has 0 aliphatic heterocycles. The van der Waals surface area contributed by atoms with Crippen molar-refractivity contribution in [1.29, 1.82) is 0 Å². The molecule has 1 heterocycles. The molecule has 2 rings (SSSR count). The number of rotatable bonds is 4. The molecular weight excluding hydrogens is 220 g/mol. The predicted octanol–water partition coefficient (Wildman–Crippen LogP) is 3.66. The molecule has 96 valence electrons. The van der Waals surface area contributed by atoms with Crippen LogP contribution in [-0.4, -0.2) is 11.5 Å². The Morgan fingerprint density at radius 2 is 1.78 bits per heavy atom. The second kappa shape index (κ2) is 5.49. The summed E-state index contributed by atoms with van der Waals surface area (Å²) in [7, 11) is 0. The van der Waals surface area contributed by atoms with Crippen molar-refractivity contribution < 1.29 is 0 Å². The van der Waals surface area contributed by atoms with Gasteiger partial charge in [-0.25, -0.2) is 0 Å². The highest BCUT2D eigenvalue weighted by Crippen LogP contribution is 2.22. The molecule has 1 N–H and O–H groups in total. The summed E-state index contributed by atoms with van der Waals surface area (Å²) < 4.78 is 0. The van der Waals surface area contributed by atoms with Crippen LogP contribution in [0, 0.1) is 20.8 Å². The summed E-state index contributed by atoms with van der Waals surface area (Å²) in [6.45, 7) is 10.6. The molecule has 0 aliphatic carbocycles. The zero-order valence-electron chi connectivity index (χ0n) is 11.8. The van der Waals surface area contributed by atoms with Crippen molar-refractivity contribution in [3.8, 4) is 0 Å². The van der Waals surface area contributed by atoms with Gasteiger partial charge in [0.05, 0.1) is 5.52 Å². The number of pyridine rings is 1. The first-order chi connectivity index (χ1) is 8.61. The molecular formula is C16H22N2. The van der Waals surface area contributed by atoms with E-state index in [0.717, 1.165) is 24.3 Å². The van der Waals surface area contributed by atoms with Gasteiger partial charge < -0.3 is 5.32 Å². The average Bonchev–Trinajstić information content (AvgIpc) is 2.32. The van der Waals surface area contributed by atoms with Crippen molar-refractivity contribution in [2.24, 2.45) is 0 Å². The molecule has 2 nitrogen and oxygen atoms in total. The van der Waals surface area contributed by atoms with Crippen LogP contribution in [0.1, 0.15) is 35.7 Å². The smallest absolute Gasteiger partial charge is 0.0711 e. The number of nitrogens with zero attached hydrogens (tertiary/aromatic N) is 1. The quantitative estimate of drug-likeness (QED) is 0.828. The summed E-state index contributed by atoms with van der Waals surface area (Å²) >= 11 is 0. The molecule has 0 amide bonds. The Morgan fingerprint density at radius 3 is 2.50 bits per heavy atom. The van der Waals surface area contributed by atoms with Gasteiger partial charge in [0, 0.05) is 17.6 Å². The Kier molecular flexibility index (Phi) is 3.97. The first-order valence-electron chi connectivity index (χ1n) is 6.70. The summed E-state index contributed by atoms with van der Waals surface area (Å²) in [5.41, 5.74) is 6.22. The van der Waals surface area contributed by atoms with Crippen LogP contribution in [0.25, 0.3) is 10.9 Å². The number of nitrogens with one attached hydrogen (secondary N) is 1. The van der Waals surface area contributed by atoms with Crippen molar-refractivity contribution in [3.63, 3.8) is 0 Å². The molecule has 2 aromatic rings. The molecule has 0 radical (unpaired) electrons. The van der Waals surface area contributed by atoms with Gasteiger partial charge in [-0.05, 0) is 68.6 Å². The highest BCUT2D eigenvalue weighted by molar-refractivity contribution is 5.84. The largest absolute Gasteiger partial charge is 0.313 e. The second-order valence-corrected chi connectivity index (χ2v) is 5.05. The molecule has 0 bridgehead atoms. The van der Waals surface area contributed by atoms with Gasteiger partial charge in [-0.1, -0.05) is 6.92 Å². The minimum atomic E-state index is 0.927. The molecule has 0 saturated carbocycles. The van der Waals surface area contributed by atoms with Crippen LogP contribution in [-0.2, 0) is 6.54 Å². The number of hydrogen-bond acceptors (Lipinski definition) is 2. The summed E-state index contributed by atoms with van der Waals surface area (Å²) in [5, 5.41) is 4.76. The average molecular weight is 242 g/mol. The van der Waals surface area contributed by atoms with E-state index in [2.05, 4.69) is 56.2 Å². The lowest BCUT2D eigenvalue weighted by atomic mass is 10.0. The molecule has 0 spiro atoms. The zero-order chi connectivity index (χ0) is 13.1. The Bertz CT molecular complexity index is 559. The highest BCUT2D eigenvalue weighted by atomic mass is 14.8. The van der Waals surface area contributed by atoms with Gasteiger partial charge in [0.2, 0.25) is 0 Å². The Hall–Kier alpha value is -1.41. The topological polar surface area (TPSA) is 24.9 Å². The fourth-order valence-corrected chi connectivity index (χ4v) is 2.25. The first-order valence-corrected chi connectivity index (χ1v) is 6.70. The van der Waals surface area contributed by atoms with Gasteiger partial charge >= 0.3 is 0 Å². The summed E-state index contributed by atoms with van der Waals surface area (Å²) in [5.74, 6) is 0. The van der Waals surface area contributed by atoms with Gasteiger partial charge in [0.15, 0.2) is 0 Å². The van der Waals surface area contributed by atoms with Crippen molar-refractivity contribution in [1.82, 2.24) is 10.3 Å². The van der Waals surface area contributed by atoms with E-state index in [4.69, 9.17) is 0 Å². The summed E-state index contributed by atoms with van der Waals surface area (Å²) in [4.78, 5) is 4.64. The van der Waals surface area contributed by atoms with Gasteiger partial charge in [-0.15, -0.1) is 0 Å². The zero-order valence-corrected chi connectivity index (χ0v) is 11.8. The fourth-order valence-electron chi connectivity index (χ4n) is 2.25. The number of aryl methyl sites for hydroxylation is 3. The molecule has 0 unspecified atom stereocenters. The van der Waals surface area contributed by atoms with Crippen LogP contribution < -0.4 is 5.32 Å². The minimum Gasteiger partial charge on any atom is -0.313 e. The van der Waals surface area contributed by atoms with Gasteiger partial charge in [-0.3, -0.25) is 4.98 Å². The standard InChI is InChI=1S/C16H22N2/c1-5-6-17-10-14-9-13(4)18-16-8-12(3)11(2)7-15(14)16/h7-9,17H,5-6,10H2,1-4H3. The van der Waals surface area contributed by atoms with Crippen LogP contribution in [0.5, 0.6) is 0 Å². The third-order valence-electron chi connectivity index (χ3n) is 3.38. The van der Waals surface area contributed by atoms with Gasteiger partial charge in [-0.2, -0.15) is 0 Å². The normalized spacial score (nSPS) is 11.1. The van der Waals surface area contributed by atoms with E-state index in [9.17, 15) is 0 Å². The van der Waals surface area contributed by atoms with Crippen LogP contribution >= 0.6 is 0 Å². The van der Waals surface area contributed by atoms with E-state index < -0.39 is 0 Å². The number of benzene rings is 1. The fraction of sp³-hybridized carbons (Fsp3) is 0.438. The second-order valence-electron chi connectivity index (χ2n) is 5.05. The number of aromatic nitrogens is 1. The van der Waals surface area contributed by atoms with Crippen LogP contribution in [0.2, 0.25) is 0 Å². The third kappa shape index (κ3) is 2.70. The first kappa shape index (κ1) is 13.0. The van der Waals surface area contributed by atoms with E-state index in [-0.39, 0.29) is 0 Å². The van der Waals surface area contributed by atoms with Crippen molar-refractivity contribution in [2.75, 3.05) is 6.54 Å². The molecule has 1 aromatic heterocycles. The van der Waals surface area contributed by atoms with Crippen molar-refractivity contribution in [2.45, 2.75) is 40.7 Å². The van der Waals surface area contributed by atoms with E-state index in [0.29, 0.717) is 0 Å². The lowest BCUT2D eigenvalue weighted by molar-refractivity contribution is 0.677. The Labute approximate surface area is 109 Å². The van der Waals surface area contributed by atoms with Crippen molar-refractivity contribution in [3.05, 3.63) is 40.6 Å². The maximum absolute atomic E-state index is 4.64. The minimum absolute atomic E-state index is 0.927. The van der Waals surface area contributed by atoms with Crippen molar-refractivity contribution >= 4 is 10.9 Å². The summed E-state index contributed by atoms with van der Waals surface area (Å²) in [6.07, 6.45) is 1.17. The third-order valence-corrected chi connectivity index (χ3v) is 3.38. The van der Waals surface area contributed by atoms with E-state index in [1.54, 1.807) is 0 Å². The Morgan fingerprint density at radius 1 is 1.06 bits per heavy atom. The van der Waals surface area contributed by atoms with E-state index in [1.165, 1.54) is 28.5 Å². The van der Waals surface area contributed by atoms with Crippen LogP contribution in [0.15, 0.2) is 18.2 Å². The molecule has 18 heavy (non-hydrogen) atoms. The molecule has 0 atom stereocenters. The molecule has 0 aliphatic rings. The summed E-state index contributed by atoms with van der Waals surface area (Å²) in [6, 6.07) is 6.65. The number of hydrogen-bond donors (Lipinski definition) is 1. The van der Waals surface area contributed by atoms with Crippen LogP contribution in [0.4, 0.5) is 0 Å². The number of fused-ring (bicyclic) bond motifs is 1. The van der Waals surface area contributed by atoms with E-state index >= 15 is 0 Å². The lowest BCUT2D eigenvalue weighted by Crippen LogP contribution is -2.14. The highest BCUT2D eigenvalue weighted by Gasteiger charge is 2.06. The Balaban J connectivity index is 2.47.